The molecule has 0 bridgehead atoms. The molecular weight excluding hydrogens is 470 g/mol. The van der Waals surface area contributed by atoms with Gasteiger partial charge >= 0.3 is 5.97 Å². The summed E-state index contributed by atoms with van der Waals surface area (Å²) in [6.07, 6.45) is 9.02. The second kappa shape index (κ2) is 10.8. The van der Waals surface area contributed by atoms with E-state index in [0.717, 1.165) is 43.5 Å². The Hall–Kier alpha value is -2.79. The number of anilines is 1. The summed E-state index contributed by atoms with van der Waals surface area (Å²) >= 11 is 0. The molecule has 3 aromatic rings. The van der Waals surface area contributed by atoms with Crippen LogP contribution in [-0.4, -0.2) is 53.3 Å². The number of aromatic nitrogens is 1. The first kappa shape index (κ1) is 25.5. The van der Waals surface area contributed by atoms with Crippen molar-refractivity contribution in [3.05, 3.63) is 53.6 Å². The summed E-state index contributed by atoms with van der Waals surface area (Å²) in [7, 11) is 0. The zero-order valence-electron chi connectivity index (χ0n) is 23.2. The molecule has 0 spiro atoms. The number of carboxylic acids is 1. The van der Waals surface area contributed by atoms with E-state index in [2.05, 4.69) is 58.5 Å². The van der Waals surface area contributed by atoms with Crippen molar-refractivity contribution in [3.63, 3.8) is 0 Å². The van der Waals surface area contributed by atoms with E-state index >= 15 is 0 Å². The Morgan fingerprint density at radius 2 is 1.76 bits per heavy atom. The molecule has 1 saturated heterocycles. The average Bonchev–Trinajstić information content (AvgIpc) is 3.17. The second-order valence-electron chi connectivity index (χ2n) is 12.2. The Morgan fingerprint density at radius 1 is 0.947 bits per heavy atom. The number of benzene rings is 2. The monoisotopic (exact) mass is 513 g/mol. The average molecular weight is 514 g/mol. The molecule has 1 saturated carbocycles. The molecule has 38 heavy (non-hydrogen) atoms. The largest absolute Gasteiger partial charge is 0.478 e. The predicted molar refractivity (Wildman–Crippen MR) is 156 cm³/mol. The highest BCUT2D eigenvalue weighted by Gasteiger charge is 2.31. The fourth-order valence-electron chi connectivity index (χ4n) is 7.46. The summed E-state index contributed by atoms with van der Waals surface area (Å²) in [5.74, 6) is 1.26. The molecule has 5 nitrogen and oxygen atoms in total. The van der Waals surface area contributed by atoms with Gasteiger partial charge in [-0.15, -0.1) is 0 Å². The molecule has 3 heterocycles. The zero-order valence-corrected chi connectivity index (χ0v) is 23.2. The smallest absolute Gasteiger partial charge is 0.335 e. The van der Waals surface area contributed by atoms with Crippen LogP contribution in [0.25, 0.3) is 22.2 Å². The van der Waals surface area contributed by atoms with E-state index in [1.54, 1.807) is 6.07 Å². The van der Waals surface area contributed by atoms with E-state index in [0.29, 0.717) is 11.5 Å². The molecule has 202 valence electrons. The van der Waals surface area contributed by atoms with Crippen molar-refractivity contribution in [2.75, 3.05) is 37.6 Å². The van der Waals surface area contributed by atoms with Gasteiger partial charge in [-0.25, -0.2) is 4.79 Å². The van der Waals surface area contributed by atoms with Crippen molar-refractivity contribution in [1.82, 2.24) is 9.47 Å². The third kappa shape index (κ3) is 4.75. The molecule has 3 aliphatic rings. The van der Waals surface area contributed by atoms with Gasteiger partial charge in [-0.1, -0.05) is 57.4 Å². The molecule has 6 rings (SSSR count). The Kier molecular flexibility index (Phi) is 7.22. The van der Waals surface area contributed by atoms with Crippen LogP contribution in [0.1, 0.15) is 80.6 Å². The Labute approximate surface area is 227 Å². The molecule has 0 amide bonds. The maximum absolute atomic E-state index is 11.9. The van der Waals surface area contributed by atoms with Gasteiger partial charge < -0.3 is 19.5 Å². The number of piperidine rings is 1. The molecule has 1 aliphatic carbocycles. The third-order valence-electron chi connectivity index (χ3n) is 9.63. The number of aromatic carboxylic acids is 1. The summed E-state index contributed by atoms with van der Waals surface area (Å²) in [5.41, 5.74) is 6.92. The molecule has 1 atom stereocenters. The highest BCUT2D eigenvalue weighted by atomic mass is 16.4. The maximum atomic E-state index is 11.9. The highest BCUT2D eigenvalue weighted by molar-refractivity contribution is 5.99. The number of fused-ring (bicyclic) bond motifs is 5. The second-order valence-corrected chi connectivity index (χ2v) is 12.2. The summed E-state index contributed by atoms with van der Waals surface area (Å²) in [6.45, 7) is 11.1. The molecule has 1 unspecified atom stereocenters. The summed E-state index contributed by atoms with van der Waals surface area (Å²) < 4.78 is 2.46. The van der Waals surface area contributed by atoms with Crippen LogP contribution in [0.5, 0.6) is 0 Å². The SMILES string of the molecule is CC(C)C1CCCN(CCN2CCn3c(c(C4CCCCC4)c4ccc(C(=O)O)cc43)-c3ccccc32)C1. The van der Waals surface area contributed by atoms with Gasteiger partial charge in [0.2, 0.25) is 0 Å². The Morgan fingerprint density at radius 3 is 2.55 bits per heavy atom. The number of likely N-dealkylation sites (tertiary alicyclic amines) is 1. The number of hydrogen-bond donors (Lipinski definition) is 1. The van der Waals surface area contributed by atoms with Crippen LogP contribution in [0, 0.1) is 11.8 Å². The number of carbonyl (C=O) groups is 1. The maximum Gasteiger partial charge on any atom is 0.335 e. The molecular formula is C33H43N3O2. The minimum atomic E-state index is -0.849. The van der Waals surface area contributed by atoms with Gasteiger partial charge in [0.05, 0.1) is 11.3 Å². The van der Waals surface area contributed by atoms with Crippen molar-refractivity contribution in [3.8, 4) is 11.3 Å². The van der Waals surface area contributed by atoms with Crippen LogP contribution in [0.15, 0.2) is 42.5 Å². The molecule has 2 aliphatic heterocycles. The van der Waals surface area contributed by atoms with Crippen molar-refractivity contribution in [2.24, 2.45) is 11.8 Å². The normalized spacial score (nSPS) is 20.9. The van der Waals surface area contributed by atoms with Crippen molar-refractivity contribution in [1.29, 1.82) is 0 Å². The molecule has 2 fully saturated rings. The minimum Gasteiger partial charge on any atom is -0.478 e. The van der Waals surface area contributed by atoms with E-state index < -0.39 is 5.97 Å². The van der Waals surface area contributed by atoms with Gasteiger partial charge in [0.25, 0.3) is 0 Å². The Balaban J connectivity index is 1.39. The van der Waals surface area contributed by atoms with Crippen molar-refractivity contribution in [2.45, 2.75) is 71.3 Å². The van der Waals surface area contributed by atoms with Crippen LogP contribution in [0.3, 0.4) is 0 Å². The van der Waals surface area contributed by atoms with E-state index in [4.69, 9.17) is 0 Å². The standard InChI is InChI=1S/C33H43N3O2/c1-23(2)26-11-8-16-34(22-26)17-18-35-19-20-36-30-21-25(33(37)38)14-15-27(30)31(24-9-4-3-5-10-24)32(36)28-12-6-7-13-29(28)35/h6-7,12-15,21,23-24,26H,3-5,8-11,16-20,22H2,1-2H3,(H,37,38). The van der Waals surface area contributed by atoms with Crippen LogP contribution in [0.4, 0.5) is 5.69 Å². The molecule has 2 aromatic carbocycles. The van der Waals surface area contributed by atoms with Crippen LogP contribution in [-0.2, 0) is 6.54 Å². The lowest BCUT2D eigenvalue weighted by atomic mass is 9.81. The number of carboxylic acid groups (broad SMARTS) is 1. The summed E-state index contributed by atoms with van der Waals surface area (Å²) in [6, 6.07) is 14.8. The topological polar surface area (TPSA) is 48.7 Å². The lowest BCUT2D eigenvalue weighted by molar-refractivity contribution is 0.0697. The summed E-state index contributed by atoms with van der Waals surface area (Å²) in [4.78, 5) is 17.2. The van der Waals surface area contributed by atoms with Gasteiger partial charge in [-0.2, -0.15) is 0 Å². The van der Waals surface area contributed by atoms with E-state index in [9.17, 15) is 9.90 Å². The first-order valence-corrected chi connectivity index (χ1v) is 15.0. The fourth-order valence-corrected chi connectivity index (χ4v) is 7.46. The van der Waals surface area contributed by atoms with Gasteiger partial charge in [-0.05, 0) is 73.7 Å². The van der Waals surface area contributed by atoms with E-state index in [1.165, 1.54) is 85.9 Å². The van der Waals surface area contributed by atoms with Gasteiger partial charge in [0, 0.05) is 54.9 Å². The number of para-hydroxylation sites is 1. The van der Waals surface area contributed by atoms with Gasteiger partial charge in [-0.3, -0.25) is 0 Å². The fraction of sp³-hybridized carbons (Fsp3) is 0.545. The molecule has 1 N–H and O–H groups in total. The lowest BCUT2D eigenvalue weighted by Crippen LogP contribution is -2.42. The van der Waals surface area contributed by atoms with Crippen LogP contribution < -0.4 is 4.90 Å². The minimum absolute atomic E-state index is 0.382. The first-order chi connectivity index (χ1) is 18.5. The number of nitrogens with zero attached hydrogens (tertiary/aromatic N) is 3. The first-order valence-electron chi connectivity index (χ1n) is 15.0. The van der Waals surface area contributed by atoms with Crippen LogP contribution >= 0.6 is 0 Å². The quantitative estimate of drug-likeness (QED) is 0.377. The predicted octanol–water partition coefficient (Wildman–Crippen LogP) is 7.24. The molecule has 1 aromatic heterocycles. The summed E-state index contributed by atoms with van der Waals surface area (Å²) in [5, 5.41) is 11.0. The lowest BCUT2D eigenvalue weighted by Gasteiger charge is -2.36. The van der Waals surface area contributed by atoms with Crippen molar-refractivity contribution >= 4 is 22.6 Å². The number of rotatable bonds is 6. The van der Waals surface area contributed by atoms with Crippen LogP contribution in [0.2, 0.25) is 0 Å². The molecule has 5 heteroatoms. The molecule has 0 radical (unpaired) electrons. The highest BCUT2D eigenvalue weighted by Crippen LogP contribution is 2.47. The van der Waals surface area contributed by atoms with Gasteiger partial charge in [0.15, 0.2) is 0 Å². The van der Waals surface area contributed by atoms with Gasteiger partial charge in [0.1, 0.15) is 0 Å². The van der Waals surface area contributed by atoms with E-state index in [1.807, 2.05) is 6.07 Å². The van der Waals surface area contributed by atoms with E-state index in [-0.39, 0.29) is 0 Å². The number of hydrogen-bond acceptors (Lipinski definition) is 3. The van der Waals surface area contributed by atoms with Crippen molar-refractivity contribution < 1.29 is 9.90 Å². The third-order valence-corrected chi connectivity index (χ3v) is 9.63. The zero-order chi connectivity index (χ0) is 26.2. The Bertz CT molecular complexity index is 1300.